The predicted molar refractivity (Wildman–Crippen MR) is 110 cm³/mol. The van der Waals surface area contributed by atoms with Gasteiger partial charge in [0, 0.05) is 13.1 Å². The van der Waals surface area contributed by atoms with Crippen LogP contribution in [0, 0.1) is 6.92 Å². The van der Waals surface area contributed by atoms with Crippen molar-refractivity contribution in [3.63, 3.8) is 0 Å². The molecule has 9 heteroatoms. The highest BCUT2D eigenvalue weighted by Gasteiger charge is 2.42. The fourth-order valence-electron chi connectivity index (χ4n) is 3.48. The van der Waals surface area contributed by atoms with Gasteiger partial charge in [-0.25, -0.2) is 8.42 Å². The second-order valence-corrected chi connectivity index (χ2v) is 9.83. The van der Waals surface area contributed by atoms with Gasteiger partial charge in [0.25, 0.3) is 5.24 Å². The van der Waals surface area contributed by atoms with Crippen LogP contribution in [0.15, 0.2) is 53.4 Å². The quantitative estimate of drug-likeness (QED) is 0.721. The number of benzene rings is 2. The zero-order valence-corrected chi connectivity index (χ0v) is 17.4. The number of hydrogen-bond donors (Lipinski definition) is 0. The van der Waals surface area contributed by atoms with Crippen molar-refractivity contribution in [2.24, 2.45) is 0 Å². The molecule has 2 aliphatic heterocycles. The number of carbonyl (C=O) groups excluding carboxylic acids is 2. The number of imide groups is 1. The number of rotatable bonds is 5. The third-order valence-electron chi connectivity index (χ3n) is 5.06. The summed E-state index contributed by atoms with van der Waals surface area (Å²) in [6.45, 7) is 2.34. The van der Waals surface area contributed by atoms with E-state index in [9.17, 15) is 18.0 Å². The number of aryl methyl sites for hydroxylation is 1. The average molecular weight is 433 g/mol. The summed E-state index contributed by atoms with van der Waals surface area (Å²) in [5.74, 6) is 1.14. The summed E-state index contributed by atoms with van der Waals surface area (Å²) >= 11 is 0.964. The molecular formula is C20H20N2O5S2. The largest absolute Gasteiger partial charge is 0.457 e. The number of amides is 2. The second-order valence-electron chi connectivity index (χ2n) is 6.96. The molecule has 0 bridgehead atoms. The maximum absolute atomic E-state index is 13.0. The molecule has 2 aliphatic rings. The lowest BCUT2D eigenvalue weighted by Gasteiger charge is -2.21. The molecule has 1 unspecified atom stereocenters. The van der Waals surface area contributed by atoms with Gasteiger partial charge in [0.2, 0.25) is 15.9 Å². The fourth-order valence-corrected chi connectivity index (χ4v) is 5.75. The smallest absolute Gasteiger partial charge is 0.289 e. The third kappa shape index (κ3) is 3.90. The topological polar surface area (TPSA) is 84.0 Å². The van der Waals surface area contributed by atoms with E-state index in [0.29, 0.717) is 17.9 Å². The first kappa shape index (κ1) is 19.9. The van der Waals surface area contributed by atoms with Gasteiger partial charge in [-0.05, 0) is 49.2 Å². The Labute approximate surface area is 173 Å². The van der Waals surface area contributed by atoms with Gasteiger partial charge in [-0.2, -0.15) is 4.31 Å². The zero-order valence-electron chi connectivity index (χ0n) is 15.8. The van der Waals surface area contributed by atoms with E-state index in [1.54, 1.807) is 12.1 Å². The molecule has 2 fully saturated rings. The minimum Gasteiger partial charge on any atom is -0.457 e. The molecule has 2 aromatic carbocycles. The van der Waals surface area contributed by atoms with Crippen LogP contribution in [0.25, 0.3) is 0 Å². The highest BCUT2D eigenvalue weighted by atomic mass is 32.2. The van der Waals surface area contributed by atoms with Crippen LogP contribution in [0.5, 0.6) is 11.5 Å². The Hall–Kier alpha value is -2.36. The number of ether oxygens (including phenoxy) is 1. The molecule has 1 atom stereocenters. The molecule has 4 rings (SSSR count). The Kier molecular flexibility index (Phi) is 5.37. The molecule has 0 aromatic heterocycles. The first-order valence-electron chi connectivity index (χ1n) is 9.19. The Morgan fingerprint density at radius 1 is 1.07 bits per heavy atom. The molecule has 2 heterocycles. The number of hydrogen-bond acceptors (Lipinski definition) is 6. The van der Waals surface area contributed by atoms with E-state index in [1.807, 2.05) is 31.2 Å². The van der Waals surface area contributed by atoms with Gasteiger partial charge in [0.1, 0.15) is 11.5 Å². The minimum absolute atomic E-state index is 0.127. The van der Waals surface area contributed by atoms with Crippen LogP contribution in [-0.2, 0) is 14.8 Å². The van der Waals surface area contributed by atoms with E-state index < -0.39 is 16.1 Å². The summed E-state index contributed by atoms with van der Waals surface area (Å²) in [5, 5.41) is -0.294. The molecule has 2 aromatic rings. The van der Waals surface area contributed by atoms with Crippen molar-refractivity contribution in [3.05, 3.63) is 54.1 Å². The van der Waals surface area contributed by atoms with Crippen LogP contribution in [0.4, 0.5) is 4.79 Å². The lowest BCUT2D eigenvalue weighted by atomic mass is 10.2. The first-order chi connectivity index (χ1) is 13.9. The van der Waals surface area contributed by atoms with Crippen LogP contribution in [0.2, 0.25) is 0 Å². The number of sulfonamides is 1. The van der Waals surface area contributed by atoms with Crippen molar-refractivity contribution in [1.29, 1.82) is 0 Å². The number of nitrogens with zero attached hydrogens (tertiary/aromatic N) is 2. The van der Waals surface area contributed by atoms with Gasteiger partial charge in [0.05, 0.1) is 16.7 Å². The van der Waals surface area contributed by atoms with Gasteiger partial charge < -0.3 is 4.74 Å². The Morgan fingerprint density at radius 3 is 2.45 bits per heavy atom. The average Bonchev–Trinajstić information content (AvgIpc) is 3.31. The van der Waals surface area contributed by atoms with Gasteiger partial charge in [-0.15, -0.1) is 0 Å². The standard InChI is InChI=1S/C20H20N2O5S2/c1-14-4-2-3-5-18(14)27-16-6-8-17(9-7-16)29(25,26)21-11-10-15(12-21)22-19(23)13-28-20(22)24/h2-9,15H,10-13H2,1H3. The summed E-state index contributed by atoms with van der Waals surface area (Å²) in [5.41, 5.74) is 0.983. The lowest BCUT2D eigenvalue weighted by Crippen LogP contribution is -2.41. The highest BCUT2D eigenvalue weighted by Crippen LogP contribution is 2.30. The molecule has 0 aliphatic carbocycles. The van der Waals surface area contributed by atoms with E-state index >= 15 is 0 Å². The van der Waals surface area contributed by atoms with E-state index in [4.69, 9.17) is 4.74 Å². The van der Waals surface area contributed by atoms with Crippen LogP contribution in [-0.4, -0.2) is 53.7 Å². The molecular weight excluding hydrogens is 412 g/mol. The Bertz CT molecular complexity index is 1040. The fraction of sp³-hybridized carbons (Fsp3) is 0.300. The first-order valence-corrected chi connectivity index (χ1v) is 11.6. The van der Waals surface area contributed by atoms with Crippen LogP contribution in [0.1, 0.15) is 12.0 Å². The van der Waals surface area contributed by atoms with Crippen LogP contribution < -0.4 is 4.74 Å². The van der Waals surface area contributed by atoms with E-state index in [2.05, 4.69) is 0 Å². The van der Waals surface area contributed by atoms with E-state index in [1.165, 1.54) is 21.3 Å². The molecule has 0 spiro atoms. The van der Waals surface area contributed by atoms with Crippen molar-refractivity contribution in [2.45, 2.75) is 24.3 Å². The minimum atomic E-state index is -3.71. The molecule has 152 valence electrons. The molecule has 29 heavy (non-hydrogen) atoms. The van der Waals surface area contributed by atoms with Gasteiger partial charge in [-0.1, -0.05) is 30.0 Å². The number of carbonyl (C=O) groups is 2. The predicted octanol–water partition coefficient (Wildman–Crippen LogP) is 3.25. The van der Waals surface area contributed by atoms with Gasteiger partial charge in [-0.3, -0.25) is 14.5 Å². The lowest BCUT2D eigenvalue weighted by molar-refractivity contribution is -0.126. The molecule has 2 saturated heterocycles. The number of para-hydroxylation sites is 1. The van der Waals surface area contributed by atoms with Crippen LogP contribution >= 0.6 is 11.8 Å². The summed E-state index contributed by atoms with van der Waals surface area (Å²) < 4.78 is 33.1. The van der Waals surface area contributed by atoms with Gasteiger partial charge >= 0.3 is 0 Å². The van der Waals surface area contributed by atoms with Crippen molar-refractivity contribution in [2.75, 3.05) is 18.8 Å². The Morgan fingerprint density at radius 2 is 1.79 bits per heavy atom. The normalized spacial score (nSPS) is 20.4. The maximum atomic E-state index is 13.0. The summed E-state index contributed by atoms with van der Waals surface area (Å²) in [6, 6.07) is 13.5. The second kappa shape index (κ2) is 7.81. The van der Waals surface area contributed by atoms with Crippen LogP contribution in [0.3, 0.4) is 0 Å². The monoisotopic (exact) mass is 432 g/mol. The highest BCUT2D eigenvalue weighted by molar-refractivity contribution is 8.14. The van der Waals surface area contributed by atoms with Crippen molar-refractivity contribution >= 4 is 32.9 Å². The molecule has 0 radical (unpaired) electrons. The van der Waals surface area contributed by atoms with E-state index in [-0.39, 0.29) is 34.9 Å². The van der Waals surface area contributed by atoms with Crippen molar-refractivity contribution in [1.82, 2.24) is 9.21 Å². The zero-order chi connectivity index (χ0) is 20.6. The maximum Gasteiger partial charge on any atom is 0.289 e. The molecule has 7 nitrogen and oxygen atoms in total. The molecule has 2 amide bonds. The SMILES string of the molecule is Cc1ccccc1Oc1ccc(S(=O)(=O)N2CCC(N3C(=O)CSC3=O)C2)cc1. The van der Waals surface area contributed by atoms with E-state index in [0.717, 1.165) is 17.3 Å². The van der Waals surface area contributed by atoms with Crippen molar-refractivity contribution < 1.29 is 22.7 Å². The van der Waals surface area contributed by atoms with Gasteiger partial charge in [0.15, 0.2) is 0 Å². The van der Waals surface area contributed by atoms with Crippen molar-refractivity contribution in [3.8, 4) is 11.5 Å². The third-order valence-corrected chi connectivity index (χ3v) is 7.77. The summed E-state index contributed by atoms with van der Waals surface area (Å²) in [7, 11) is -3.71. The Balaban J connectivity index is 1.47. The summed E-state index contributed by atoms with van der Waals surface area (Å²) in [6.07, 6.45) is 0.450. The molecule has 0 saturated carbocycles. The molecule has 0 N–H and O–H groups in total. The number of thioether (sulfide) groups is 1. The summed E-state index contributed by atoms with van der Waals surface area (Å²) in [4.78, 5) is 25.2.